The van der Waals surface area contributed by atoms with Crippen molar-refractivity contribution in [3.05, 3.63) is 66.5 Å². The number of fused-ring (bicyclic) bond motifs is 1. The van der Waals surface area contributed by atoms with Gasteiger partial charge in [-0.25, -0.2) is 0 Å². The third kappa shape index (κ3) is 2.36. The minimum absolute atomic E-state index is 0.502. The van der Waals surface area contributed by atoms with Crippen LogP contribution in [0.5, 0.6) is 5.75 Å². The molecule has 2 aromatic carbocycles. The predicted molar refractivity (Wildman–Crippen MR) is 76.9 cm³/mol. The Hall–Kier alpha value is -2.55. The molecule has 0 saturated heterocycles. The van der Waals surface area contributed by atoms with E-state index in [4.69, 9.17) is 10.5 Å². The third-order valence-electron chi connectivity index (χ3n) is 3.03. The lowest BCUT2D eigenvalue weighted by molar-refractivity contribution is 0.309. The van der Waals surface area contributed by atoms with E-state index in [-0.39, 0.29) is 0 Å². The lowest BCUT2D eigenvalue weighted by Crippen LogP contribution is -1.97. The molecule has 0 aliphatic heterocycles. The fourth-order valence-electron chi connectivity index (χ4n) is 2.07. The molecule has 0 amide bonds. The molecule has 1 heterocycles. The summed E-state index contributed by atoms with van der Waals surface area (Å²) in [7, 11) is 0. The van der Waals surface area contributed by atoms with Crippen molar-refractivity contribution in [3.8, 4) is 5.75 Å². The predicted octanol–water partition coefficient (Wildman–Crippen LogP) is 3.40. The maximum absolute atomic E-state index is 5.97. The van der Waals surface area contributed by atoms with E-state index in [9.17, 15) is 0 Å². The summed E-state index contributed by atoms with van der Waals surface area (Å²) in [6, 6.07) is 15.7. The Bertz CT molecular complexity index is 695. The zero-order valence-electron chi connectivity index (χ0n) is 10.4. The van der Waals surface area contributed by atoms with Crippen molar-refractivity contribution in [2.24, 2.45) is 0 Å². The smallest absolute Gasteiger partial charge is 0.127 e. The first-order valence-corrected chi connectivity index (χ1v) is 6.13. The van der Waals surface area contributed by atoms with Gasteiger partial charge >= 0.3 is 0 Å². The van der Waals surface area contributed by atoms with Gasteiger partial charge in [0.05, 0.1) is 0 Å². The van der Waals surface area contributed by atoms with Crippen molar-refractivity contribution < 1.29 is 4.74 Å². The largest absolute Gasteiger partial charge is 0.488 e. The van der Waals surface area contributed by atoms with Crippen LogP contribution in [0.25, 0.3) is 10.8 Å². The van der Waals surface area contributed by atoms with E-state index in [0.717, 1.165) is 27.8 Å². The Morgan fingerprint density at radius 2 is 1.79 bits per heavy atom. The minimum Gasteiger partial charge on any atom is -0.488 e. The Morgan fingerprint density at radius 3 is 2.58 bits per heavy atom. The van der Waals surface area contributed by atoms with E-state index >= 15 is 0 Å². The number of aromatic nitrogens is 1. The fraction of sp³-hybridized carbons (Fsp3) is 0.0625. The topological polar surface area (TPSA) is 48.1 Å². The molecule has 0 atom stereocenters. The Labute approximate surface area is 111 Å². The molecule has 0 saturated carbocycles. The zero-order chi connectivity index (χ0) is 13.1. The SMILES string of the molecule is Nc1ccc(OCc2cccnc2)c2ccccc12. The summed E-state index contributed by atoms with van der Waals surface area (Å²) < 4.78 is 5.86. The van der Waals surface area contributed by atoms with Crippen LogP contribution in [0.3, 0.4) is 0 Å². The van der Waals surface area contributed by atoms with Crippen LogP contribution in [0.15, 0.2) is 60.9 Å². The van der Waals surface area contributed by atoms with Crippen molar-refractivity contribution in [1.29, 1.82) is 0 Å². The molecule has 0 unspecified atom stereocenters. The monoisotopic (exact) mass is 250 g/mol. The first-order valence-electron chi connectivity index (χ1n) is 6.13. The summed E-state index contributed by atoms with van der Waals surface area (Å²) in [6.07, 6.45) is 3.56. The van der Waals surface area contributed by atoms with Crippen LogP contribution in [-0.2, 0) is 6.61 Å². The average Bonchev–Trinajstić information content (AvgIpc) is 2.48. The van der Waals surface area contributed by atoms with Crippen LogP contribution in [0.1, 0.15) is 5.56 Å². The molecule has 0 fully saturated rings. The molecular formula is C16H14N2O. The standard InChI is InChI=1S/C16H14N2O/c17-15-7-8-16(14-6-2-1-5-13(14)15)19-11-12-4-3-9-18-10-12/h1-10H,11,17H2. The van der Waals surface area contributed by atoms with Gasteiger partial charge < -0.3 is 10.5 Å². The van der Waals surface area contributed by atoms with Gasteiger partial charge in [-0.1, -0.05) is 30.3 Å². The summed E-state index contributed by atoms with van der Waals surface area (Å²) >= 11 is 0. The van der Waals surface area contributed by atoms with Gasteiger partial charge in [-0.15, -0.1) is 0 Å². The van der Waals surface area contributed by atoms with E-state index in [1.165, 1.54) is 0 Å². The van der Waals surface area contributed by atoms with Crippen LogP contribution in [0.2, 0.25) is 0 Å². The van der Waals surface area contributed by atoms with Crippen LogP contribution in [0, 0.1) is 0 Å². The number of pyridine rings is 1. The lowest BCUT2D eigenvalue weighted by Gasteiger charge is -2.10. The zero-order valence-corrected chi connectivity index (χ0v) is 10.4. The van der Waals surface area contributed by atoms with Crippen LogP contribution in [-0.4, -0.2) is 4.98 Å². The Morgan fingerprint density at radius 1 is 0.947 bits per heavy atom. The highest BCUT2D eigenvalue weighted by atomic mass is 16.5. The van der Waals surface area contributed by atoms with E-state index in [1.807, 2.05) is 48.5 Å². The van der Waals surface area contributed by atoms with Gasteiger partial charge in [0.2, 0.25) is 0 Å². The highest BCUT2D eigenvalue weighted by Gasteiger charge is 2.04. The molecule has 3 heteroatoms. The molecular weight excluding hydrogens is 236 g/mol. The van der Waals surface area contributed by atoms with Gasteiger partial charge in [-0.3, -0.25) is 4.98 Å². The van der Waals surface area contributed by atoms with Crippen LogP contribution < -0.4 is 10.5 Å². The number of hydrogen-bond acceptors (Lipinski definition) is 3. The van der Waals surface area contributed by atoms with Crippen molar-refractivity contribution >= 4 is 16.5 Å². The van der Waals surface area contributed by atoms with E-state index < -0.39 is 0 Å². The van der Waals surface area contributed by atoms with Gasteiger partial charge in [0.1, 0.15) is 12.4 Å². The second kappa shape index (κ2) is 4.98. The Balaban J connectivity index is 1.91. The highest BCUT2D eigenvalue weighted by Crippen LogP contribution is 2.30. The van der Waals surface area contributed by atoms with Gasteiger partial charge in [0.15, 0.2) is 0 Å². The third-order valence-corrected chi connectivity index (χ3v) is 3.03. The number of hydrogen-bond donors (Lipinski definition) is 1. The fourth-order valence-corrected chi connectivity index (χ4v) is 2.07. The highest BCUT2D eigenvalue weighted by molar-refractivity contribution is 5.96. The molecule has 94 valence electrons. The molecule has 0 spiro atoms. The van der Waals surface area contributed by atoms with Crippen molar-refractivity contribution in [2.75, 3.05) is 5.73 Å². The van der Waals surface area contributed by atoms with Crippen LogP contribution >= 0.6 is 0 Å². The molecule has 3 rings (SSSR count). The number of benzene rings is 2. The Kier molecular flexibility index (Phi) is 3.02. The van der Waals surface area contributed by atoms with E-state index in [2.05, 4.69) is 4.98 Å². The molecule has 19 heavy (non-hydrogen) atoms. The number of rotatable bonds is 3. The summed E-state index contributed by atoms with van der Waals surface area (Å²) in [5.74, 6) is 0.841. The number of nitrogen functional groups attached to an aromatic ring is 1. The van der Waals surface area contributed by atoms with Gasteiger partial charge in [-0.05, 0) is 18.2 Å². The van der Waals surface area contributed by atoms with Crippen molar-refractivity contribution in [2.45, 2.75) is 6.61 Å². The molecule has 0 aliphatic rings. The first kappa shape index (κ1) is 11.5. The normalized spacial score (nSPS) is 10.5. The summed E-state index contributed by atoms with van der Waals surface area (Å²) in [4.78, 5) is 4.07. The summed E-state index contributed by atoms with van der Waals surface area (Å²) in [5, 5.41) is 2.05. The quantitative estimate of drug-likeness (QED) is 0.725. The number of ether oxygens (including phenoxy) is 1. The van der Waals surface area contributed by atoms with Gasteiger partial charge in [0, 0.05) is 34.4 Å². The van der Waals surface area contributed by atoms with Crippen molar-refractivity contribution in [1.82, 2.24) is 4.98 Å². The van der Waals surface area contributed by atoms with E-state index in [0.29, 0.717) is 6.61 Å². The summed E-state index contributed by atoms with van der Waals surface area (Å²) in [5.41, 5.74) is 7.78. The lowest BCUT2D eigenvalue weighted by atomic mass is 10.1. The first-order chi connectivity index (χ1) is 9.34. The number of anilines is 1. The average molecular weight is 250 g/mol. The maximum Gasteiger partial charge on any atom is 0.127 e. The number of nitrogens with zero attached hydrogens (tertiary/aromatic N) is 1. The second-order valence-corrected chi connectivity index (χ2v) is 4.35. The summed E-state index contributed by atoms with van der Waals surface area (Å²) in [6.45, 7) is 0.502. The number of nitrogens with two attached hydrogens (primary N) is 1. The van der Waals surface area contributed by atoms with Crippen LogP contribution in [0.4, 0.5) is 5.69 Å². The molecule has 1 aromatic heterocycles. The van der Waals surface area contributed by atoms with E-state index in [1.54, 1.807) is 12.4 Å². The minimum atomic E-state index is 0.502. The molecule has 3 nitrogen and oxygen atoms in total. The van der Waals surface area contributed by atoms with Gasteiger partial charge in [-0.2, -0.15) is 0 Å². The molecule has 0 bridgehead atoms. The maximum atomic E-state index is 5.97. The molecule has 2 N–H and O–H groups in total. The molecule has 0 radical (unpaired) electrons. The second-order valence-electron chi connectivity index (χ2n) is 4.35. The molecule has 3 aromatic rings. The van der Waals surface area contributed by atoms with Crippen molar-refractivity contribution in [3.63, 3.8) is 0 Å². The molecule has 0 aliphatic carbocycles. The van der Waals surface area contributed by atoms with Gasteiger partial charge in [0.25, 0.3) is 0 Å².